The van der Waals surface area contributed by atoms with Gasteiger partial charge in [-0.25, -0.2) is 10.8 Å². The van der Waals surface area contributed by atoms with E-state index in [9.17, 15) is 10.1 Å². The van der Waals surface area contributed by atoms with Gasteiger partial charge in [-0.05, 0) is 13.8 Å². The molecule has 2 aromatic heterocycles. The number of anilines is 2. The van der Waals surface area contributed by atoms with Gasteiger partial charge in [0.2, 0.25) is 11.8 Å². The highest BCUT2D eigenvalue weighted by molar-refractivity contribution is 5.60. The highest BCUT2D eigenvalue weighted by atomic mass is 16.6. The van der Waals surface area contributed by atoms with Crippen molar-refractivity contribution in [1.29, 1.82) is 0 Å². The molecule has 4 N–H and O–H groups in total. The van der Waals surface area contributed by atoms with Crippen LogP contribution in [0.2, 0.25) is 0 Å². The Morgan fingerprint density at radius 2 is 2.05 bits per heavy atom. The number of nitro groups is 1. The average Bonchev–Trinajstić information content (AvgIpc) is 2.45. The summed E-state index contributed by atoms with van der Waals surface area (Å²) in [6, 6.07) is 0. The molecule has 0 aromatic carbocycles. The van der Waals surface area contributed by atoms with E-state index < -0.39 is 4.92 Å². The Morgan fingerprint density at radius 3 is 2.62 bits per heavy atom. The molecule has 10 heteroatoms. The number of nitrogens with one attached hydrogen (secondary N) is 2. The Hall–Kier alpha value is -2.88. The Balaban J connectivity index is 2.27. The summed E-state index contributed by atoms with van der Waals surface area (Å²) in [6.07, 6.45) is 3.20. The number of hydrazine groups is 1. The number of aryl methyl sites for hydroxylation is 2. The van der Waals surface area contributed by atoms with Crippen molar-refractivity contribution < 1.29 is 4.92 Å². The van der Waals surface area contributed by atoms with Crippen molar-refractivity contribution in [2.75, 3.05) is 10.7 Å². The van der Waals surface area contributed by atoms with E-state index in [4.69, 9.17) is 5.84 Å². The lowest BCUT2D eigenvalue weighted by Gasteiger charge is -2.09. The molecule has 2 rings (SSSR count). The average molecular weight is 290 g/mol. The zero-order valence-corrected chi connectivity index (χ0v) is 11.5. The highest BCUT2D eigenvalue weighted by Gasteiger charge is 2.21. The first kappa shape index (κ1) is 14.5. The third kappa shape index (κ3) is 3.36. The summed E-state index contributed by atoms with van der Waals surface area (Å²) in [5.74, 6) is 5.41. The van der Waals surface area contributed by atoms with Gasteiger partial charge in [0.25, 0.3) is 0 Å². The van der Waals surface area contributed by atoms with E-state index in [2.05, 4.69) is 30.7 Å². The largest absolute Gasteiger partial charge is 0.358 e. The smallest absolute Gasteiger partial charge is 0.332 e. The molecule has 21 heavy (non-hydrogen) atoms. The molecule has 0 bridgehead atoms. The molecular formula is C11H14N8O2. The van der Waals surface area contributed by atoms with Crippen molar-refractivity contribution in [3.63, 3.8) is 0 Å². The van der Waals surface area contributed by atoms with E-state index >= 15 is 0 Å². The van der Waals surface area contributed by atoms with Crippen LogP contribution in [0, 0.1) is 24.0 Å². The Bertz CT molecular complexity index is 658. The molecule has 0 amide bonds. The molecule has 2 aromatic rings. The number of hydrogen-bond acceptors (Lipinski definition) is 9. The summed E-state index contributed by atoms with van der Waals surface area (Å²) in [5, 5.41) is 14.0. The Kier molecular flexibility index (Phi) is 4.18. The van der Waals surface area contributed by atoms with Crippen molar-refractivity contribution in [2.24, 2.45) is 5.84 Å². The van der Waals surface area contributed by atoms with Crippen LogP contribution >= 0.6 is 0 Å². The van der Waals surface area contributed by atoms with Crippen LogP contribution in [0.3, 0.4) is 0 Å². The number of rotatable bonds is 5. The SMILES string of the molecule is Cc1cnc(CNc2nc(NN)nc(C)c2[N+](=O)[O-])cn1. The molecule has 0 unspecified atom stereocenters. The fourth-order valence-corrected chi connectivity index (χ4v) is 1.66. The van der Waals surface area contributed by atoms with Crippen molar-refractivity contribution in [2.45, 2.75) is 20.4 Å². The molecule has 2 heterocycles. The van der Waals surface area contributed by atoms with E-state index in [0.717, 1.165) is 5.69 Å². The summed E-state index contributed by atoms with van der Waals surface area (Å²) in [4.78, 5) is 26.7. The van der Waals surface area contributed by atoms with Gasteiger partial charge in [-0.2, -0.15) is 4.98 Å². The quantitative estimate of drug-likeness (QED) is 0.411. The van der Waals surface area contributed by atoms with Crippen LogP contribution in [0.4, 0.5) is 17.5 Å². The van der Waals surface area contributed by atoms with Gasteiger partial charge < -0.3 is 5.32 Å². The van der Waals surface area contributed by atoms with Gasteiger partial charge in [0.1, 0.15) is 5.69 Å². The summed E-state index contributed by atoms with van der Waals surface area (Å²) in [7, 11) is 0. The topological polar surface area (TPSA) is 145 Å². The highest BCUT2D eigenvalue weighted by Crippen LogP contribution is 2.26. The van der Waals surface area contributed by atoms with E-state index in [1.807, 2.05) is 6.92 Å². The molecule has 0 aliphatic heterocycles. The molecule has 10 nitrogen and oxygen atoms in total. The number of hydrogen-bond donors (Lipinski definition) is 3. The number of aromatic nitrogens is 4. The van der Waals surface area contributed by atoms with Crippen LogP contribution < -0.4 is 16.6 Å². The van der Waals surface area contributed by atoms with Gasteiger partial charge in [-0.3, -0.25) is 25.5 Å². The first-order valence-electron chi connectivity index (χ1n) is 6.02. The minimum absolute atomic E-state index is 0.0721. The maximum absolute atomic E-state index is 11.1. The summed E-state index contributed by atoms with van der Waals surface area (Å²) >= 11 is 0. The first-order valence-corrected chi connectivity index (χ1v) is 6.02. The van der Waals surface area contributed by atoms with Crippen molar-refractivity contribution in [3.8, 4) is 0 Å². The normalized spacial score (nSPS) is 10.2. The lowest BCUT2D eigenvalue weighted by Crippen LogP contribution is -2.15. The van der Waals surface area contributed by atoms with Gasteiger partial charge >= 0.3 is 5.69 Å². The second kappa shape index (κ2) is 6.05. The predicted octanol–water partition coefficient (Wildman–Crippen LogP) is 0.689. The van der Waals surface area contributed by atoms with Gasteiger partial charge in [0.15, 0.2) is 0 Å². The molecule has 110 valence electrons. The minimum atomic E-state index is -0.543. The molecule has 0 saturated heterocycles. The van der Waals surface area contributed by atoms with Crippen LogP contribution in [0.1, 0.15) is 17.1 Å². The summed E-state index contributed by atoms with van der Waals surface area (Å²) < 4.78 is 0. The third-order valence-electron chi connectivity index (χ3n) is 2.64. The zero-order chi connectivity index (χ0) is 15.4. The molecule has 0 radical (unpaired) electrons. The first-order chi connectivity index (χ1) is 10.0. The fourth-order valence-electron chi connectivity index (χ4n) is 1.66. The lowest BCUT2D eigenvalue weighted by molar-refractivity contribution is -0.385. The van der Waals surface area contributed by atoms with Gasteiger partial charge in [0.05, 0.1) is 29.1 Å². The van der Waals surface area contributed by atoms with Crippen LogP contribution in [0.25, 0.3) is 0 Å². The van der Waals surface area contributed by atoms with Crippen LogP contribution in [-0.4, -0.2) is 24.9 Å². The van der Waals surface area contributed by atoms with Gasteiger partial charge in [-0.15, -0.1) is 0 Å². The Labute approximate surface area is 120 Å². The predicted molar refractivity (Wildman–Crippen MR) is 75.3 cm³/mol. The lowest BCUT2D eigenvalue weighted by atomic mass is 10.3. The monoisotopic (exact) mass is 290 g/mol. The van der Waals surface area contributed by atoms with Crippen LogP contribution in [0.15, 0.2) is 12.4 Å². The summed E-state index contributed by atoms with van der Waals surface area (Å²) in [6.45, 7) is 3.58. The zero-order valence-electron chi connectivity index (χ0n) is 11.5. The second-order valence-electron chi connectivity index (χ2n) is 4.23. The summed E-state index contributed by atoms with van der Waals surface area (Å²) in [5.41, 5.74) is 3.70. The molecular weight excluding hydrogens is 276 g/mol. The molecule has 0 atom stereocenters. The molecule has 0 saturated carbocycles. The number of nitrogen functional groups attached to an aromatic ring is 1. The van der Waals surface area contributed by atoms with E-state index in [0.29, 0.717) is 5.69 Å². The van der Waals surface area contributed by atoms with Crippen LogP contribution in [0.5, 0.6) is 0 Å². The Morgan fingerprint density at radius 1 is 1.29 bits per heavy atom. The molecule has 0 fully saturated rings. The molecule has 0 aliphatic rings. The number of nitrogens with zero attached hydrogens (tertiary/aromatic N) is 5. The standard InChI is InChI=1S/C11H14N8O2/c1-6-3-14-8(4-13-6)5-15-10-9(19(20)21)7(2)16-11(17-10)18-12/h3-4H,5,12H2,1-2H3,(H2,15,16,17,18). The minimum Gasteiger partial charge on any atom is -0.358 e. The van der Waals surface area contributed by atoms with E-state index in [1.165, 1.54) is 6.92 Å². The van der Waals surface area contributed by atoms with Crippen molar-refractivity contribution in [1.82, 2.24) is 19.9 Å². The third-order valence-corrected chi connectivity index (χ3v) is 2.64. The second-order valence-corrected chi connectivity index (χ2v) is 4.23. The molecule has 0 aliphatic carbocycles. The van der Waals surface area contributed by atoms with Crippen molar-refractivity contribution in [3.05, 3.63) is 39.6 Å². The van der Waals surface area contributed by atoms with Crippen molar-refractivity contribution >= 4 is 17.5 Å². The number of nitrogens with two attached hydrogens (primary N) is 1. The van der Waals surface area contributed by atoms with Crippen LogP contribution in [-0.2, 0) is 6.54 Å². The fraction of sp³-hybridized carbons (Fsp3) is 0.273. The van der Waals surface area contributed by atoms with E-state index in [1.54, 1.807) is 12.4 Å². The molecule has 0 spiro atoms. The van der Waals surface area contributed by atoms with Gasteiger partial charge in [0, 0.05) is 6.20 Å². The maximum Gasteiger partial charge on any atom is 0.332 e. The maximum atomic E-state index is 11.1. The van der Waals surface area contributed by atoms with Gasteiger partial charge in [-0.1, -0.05) is 0 Å². The van der Waals surface area contributed by atoms with E-state index in [-0.39, 0.29) is 29.7 Å².